The van der Waals surface area contributed by atoms with Crippen molar-refractivity contribution >= 4 is 5.82 Å². The largest absolute Gasteiger partial charge is 0.352 e. The van der Waals surface area contributed by atoms with E-state index in [0.29, 0.717) is 12.0 Å². The lowest BCUT2D eigenvalue weighted by molar-refractivity contribution is 0.365. The van der Waals surface area contributed by atoms with Gasteiger partial charge in [-0.2, -0.15) is 5.10 Å². The Kier molecular flexibility index (Phi) is 2.33. The van der Waals surface area contributed by atoms with Crippen molar-refractivity contribution in [1.82, 2.24) is 19.7 Å². The van der Waals surface area contributed by atoms with E-state index in [-0.39, 0.29) is 0 Å². The van der Waals surface area contributed by atoms with Crippen molar-refractivity contribution in [1.29, 1.82) is 0 Å². The van der Waals surface area contributed by atoms with E-state index in [2.05, 4.69) is 28.0 Å². The molecule has 1 saturated heterocycles. The predicted molar refractivity (Wildman–Crippen MR) is 72.2 cm³/mol. The first-order valence-electron chi connectivity index (χ1n) is 6.89. The van der Waals surface area contributed by atoms with E-state index in [1.807, 2.05) is 23.1 Å². The second kappa shape index (κ2) is 4.05. The van der Waals surface area contributed by atoms with Crippen LogP contribution in [0.5, 0.6) is 0 Å². The Balaban J connectivity index is 1.51. The summed E-state index contributed by atoms with van der Waals surface area (Å²) in [6.07, 6.45) is 6.36. The van der Waals surface area contributed by atoms with Crippen LogP contribution in [0.3, 0.4) is 0 Å². The first-order chi connectivity index (χ1) is 9.29. The molecule has 1 aliphatic heterocycles. The Bertz CT molecular complexity index is 582. The smallest absolute Gasteiger partial charge is 0.134 e. The molecule has 0 amide bonds. The van der Waals surface area contributed by atoms with Crippen molar-refractivity contribution < 1.29 is 0 Å². The first kappa shape index (κ1) is 11.0. The van der Waals surface area contributed by atoms with E-state index in [9.17, 15) is 0 Å². The lowest BCUT2D eigenvalue weighted by Crippen LogP contribution is -2.48. The molecular weight excluding hydrogens is 238 g/mol. The van der Waals surface area contributed by atoms with Gasteiger partial charge in [0, 0.05) is 43.2 Å². The molecule has 4 rings (SSSR count). The van der Waals surface area contributed by atoms with E-state index in [4.69, 9.17) is 4.98 Å². The zero-order valence-corrected chi connectivity index (χ0v) is 11.0. The van der Waals surface area contributed by atoms with Gasteiger partial charge in [0.25, 0.3) is 0 Å². The molecule has 2 fully saturated rings. The average Bonchev–Trinajstić information content (AvgIpc) is 3.05. The fourth-order valence-corrected chi connectivity index (χ4v) is 2.57. The van der Waals surface area contributed by atoms with Crippen molar-refractivity contribution in [2.24, 2.45) is 0 Å². The van der Waals surface area contributed by atoms with Crippen molar-refractivity contribution in [3.8, 4) is 0 Å². The van der Waals surface area contributed by atoms with Crippen LogP contribution >= 0.6 is 0 Å². The molecule has 0 aromatic carbocycles. The van der Waals surface area contributed by atoms with E-state index in [1.165, 1.54) is 12.8 Å². The predicted octanol–water partition coefficient (Wildman–Crippen LogP) is 1.92. The molecule has 19 heavy (non-hydrogen) atoms. The molecule has 1 aliphatic carbocycles. The van der Waals surface area contributed by atoms with Crippen LogP contribution in [0.15, 0.2) is 24.5 Å². The van der Waals surface area contributed by atoms with Gasteiger partial charge in [-0.1, -0.05) is 0 Å². The molecule has 98 valence electrons. The molecule has 0 N–H and O–H groups in total. The Morgan fingerprint density at radius 2 is 2.05 bits per heavy atom. The highest BCUT2D eigenvalue weighted by molar-refractivity contribution is 5.43. The molecule has 0 bridgehead atoms. The third-order valence-corrected chi connectivity index (χ3v) is 3.89. The number of aryl methyl sites for hydroxylation is 1. The summed E-state index contributed by atoms with van der Waals surface area (Å²) in [5.74, 6) is 2.73. The summed E-state index contributed by atoms with van der Waals surface area (Å²) in [4.78, 5) is 11.6. The fourth-order valence-electron chi connectivity index (χ4n) is 2.57. The highest BCUT2D eigenvalue weighted by atomic mass is 15.4. The molecule has 5 heteroatoms. The summed E-state index contributed by atoms with van der Waals surface area (Å²) < 4.78 is 2.03. The zero-order valence-electron chi connectivity index (χ0n) is 11.0. The van der Waals surface area contributed by atoms with Crippen LogP contribution in [0, 0.1) is 6.92 Å². The van der Waals surface area contributed by atoms with Gasteiger partial charge in [-0.05, 0) is 25.8 Å². The van der Waals surface area contributed by atoms with Crippen molar-refractivity contribution in [3.05, 3.63) is 36.0 Å². The number of aromatic nitrogens is 4. The van der Waals surface area contributed by atoms with Gasteiger partial charge in [0.15, 0.2) is 0 Å². The Labute approximate surface area is 112 Å². The minimum Gasteiger partial charge on any atom is -0.352 e. The molecule has 0 radical (unpaired) electrons. The molecule has 2 aromatic rings. The topological polar surface area (TPSA) is 46.8 Å². The maximum absolute atomic E-state index is 4.72. The lowest BCUT2D eigenvalue weighted by Gasteiger charge is -2.40. The number of anilines is 1. The van der Waals surface area contributed by atoms with Crippen LogP contribution in [0.4, 0.5) is 5.82 Å². The number of hydrogen-bond donors (Lipinski definition) is 0. The van der Waals surface area contributed by atoms with Crippen LogP contribution in [0.1, 0.15) is 36.3 Å². The summed E-state index contributed by atoms with van der Waals surface area (Å²) in [6, 6.07) is 4.54. The minimum absolute atomic E-state index is 0.481. The van der Waals surface area contributed by atoms with Gasteiger partial charge in [0.2, 0.25) is 0 Å². The Hall–Kier alpha value is -1.91. The second-order valence-corrected chi connectivity index (χ2v) is 5.54. The average molecular weight is 255 g/mol. The number of rotatable bonds is 3. The molecule has 0 spiro atoms. The van der Waals surface area contributed by atoms with Gasteiger partial charge in [-0.3, -0.25) is 4.68 Å². The molecule has 2 aromatic heterocycles. The summed E-state index contributed by atoms with van der Waals surface area (Å²) in [5.41, 5.74) is 1.08. The zero-order chi connectivity index (χ0) is 12.8. The van der Waals surface area contributed by atoms with E-state index >= 15 is 0 Å². The van der Waals surface area contributed by atoms with Crippen molar-refractivity contribution in [2.75, 3.05) is 18.0 Å². The van der Waals surface area contributed by atoms with Gasteiger partial charge in [-0.15, -0.1) is 0 Å². The quantitative estimate of drug-likeness (QED) is 0.840. The van der Waals surface area contributed by atoms with Gasteiger partial charge < -0.3 is 4.90 Å². The van der Waals surface area contributed by atoms with E-state index < -0.39 is 0 Å². The lowest BCUT2D eigenvalue weighted by atomic mass is 10.1. The maximum Gasteiger partial charge on any atom is 0.134 e. The molecule has 0 unspecified atom stereocenters. The molecule has 1 saturated carbocycles. The molecular formula is C14H17N5. The normalized spacial score (nSPS) is 19.5. The van der Waals surface area contributed by atoms with Crippen LogP contribution in [0.2, 0.25) is 0 Å². The van der Waals surface area contributed by atoms with Gasteiger partial charge in [-0.25, -0.2) is 9.97 Å². The number of nitrogens with zero attached hydrogens (tertiary/aromatic N) is 5. The second-order valence-electron chi connectivity index (χ2n) is 5.54. The van der Waals surface area contributed by atoms with E-state index in [0.717, 1.165) is 30.4 Å². The van der Waals surface area contributed by atoms with E-state index in [1.54, 1.807) is 0 Å². The SMILES string of the molecule is Cc1cc(N2CC(n3cccn3)C2)nc(C2CC2)n1. The third-order valence-electron chi connectivity index (χ3n) is 3.89. The van der Waals surface area contributed by atoms with Crippen LogP contribution in [-0.2, 0) is 0 Å². The third kappa shape index (κ3) is 1.99. The monoisotopic (exact) mass is 255 g/mol. The van der Waals surface area contributed by atoms with Gasteiger partial charge in [0.05, 0.1) is 6.04 Å². The summed E-state index contributed by atoms with van der Waals surface area (Å²) >= 11 is 0. The van der Waals surface area contributed by atoms with Gasteiger partial charge >= 0.3 is 0 Å². The van der Waals surface area contributed by atoms with Gasteiger partial charge in [0.1, 0.15) is 11.6 Å². The Morgan fingerprint density at radius 1 is 1.21 bits per heavy atom. The summed E-state index contributed by atoms with van der Waals surface area (Å²) in [7, 11) is 0. The number of hydrogen-bond acceptors (Lipinski definition) is 4. The molecule has 2 aliphatic rings. The first-order valence-corrected chi connectivity index (χ1v) is 6.89. The Morgan fingerprint density at radius 3 is 2.74 bits per heavy atom. The van der Waals surface area contributed by atoms with Crippen molar-refractivity contribution in [2.45, 2.75) is 31.7 Å². The van der Waals surface area contributed by atoms with Crippen LogP contribution < -0.4 is 4.90 Å². The molecule has 0 atom stereocenters. The van der Waals surface area contributed by atoms with Crippen LogP contribution in [0.25, 0.3) is 0 Å². The highest BCUT2D eigenvalue weighted by Gasteiger charge is 2.32. The van der Waals surface area contributed by atoms with Crippen molar-refractivity contribution in [3.63, 3.8) is 0 Å². The molecule has 5 nitrogen and oxygen atoms in total. The summed E-state index contributed by atoms with van der Waals surface area (Å²) in [6.45, 7) is 4.03. The maximum atomic E-state index is 4.72. The standard InChI is InChI=1S/C14H17N5/c1-10-7-13(17-14(16-10)11-3-4-11)18-8-12(9-18)19-6-2-5-15-19/h2,5-7,11-12H,3-4,8-9H2,1H3. The highest BCUT2D eigenvalue weighted by Crippen LogP contribution is 2.39. The van der Waals surface area contributed by atoms with Crippen LogP contribution in [-0.4, -0.2) is 32.8 Å². The summed E-state index contributed by atoms with van der Waals surface area (Å²) in [5, 5.41) is 4.30. The minimum atomic E-state index is 0.481. The molecule has 3 heterocycles. The fraction of sp³-hybridized carbons (Fsp3) is 0.500.